The quantitative estimate of drug-likeness (QED) is 0.820. The number of amides is 1. The lowest BCUT2D eigenvalue weighted by Gasteiger charge is -2.25. The van der Waals surface area contributed by atoms with Gasteiger partial charge in [0.2, 0.25) is 11.0 Å². The molecule has 22 heavy (non-hydrogen) atoms. The Balaban J connectivity index is 1.94. The number of anilines is 1. The van der Waals surface area contributed by atoms with Gasteiger partial charge in [-0.05, 0) is 17.7 Å². The molecule has 0 aliphatic carbocycles. The van der Waals surface area contributed by atoms with E-state index < -0.39 is 0 Å². The molecule has 0 saturated heterocycles. The van der Waals surface area contributed by atoms with Crippen LogP contribution in [0.1, 0.15) is 31.7 Å². The van der Waals surface area contributed by atoms with E-state index in [1.165, 1.54) is 23.7 Å². The first-order valence-corrected chi connectivity index (χ1v) is 7.75. The summed E-state index contributed by atoms with van der Waals surface area (Å²) in [6.45, 7) is 4.79. The lowest BCUT2D eigenvalue weighted by molar-refractivity contribution is -0.118. The Hall–Kier alpha value is -2.02. The Morgan fingerprint density at radius 2 is 2.05 bits per heavy atom. The lowest BCUT2D eigenvalue weighted by atomic mass is 9.85. The summed E-state index contributed by atoms with van der Waals surface area (Å²) >= 11 is 1.26. The maximum Gasteiger partial charge on any atom is 0.217 e. The van der Waals surface area contributed by atoms with Gasteiger partial charge in [0.05, 0.1) is 0 Å². The van der Waals surface area contributed by atoms with Crippen LogP contribution in [0.15, 0.2) is 24.3 Å². The molecule has 0 bridgehead atoms. The van der Waals surface area contributed by atoms with Gasteiger partial charge in [-0.15, -0.1) is 0 Å². The predicted octanol–water partition coefficient (Wildman–Crippen LogP) is 2.48. The van der Waals surface area contributed by atoms with Crippen molar-refractivity contribution in [2.45, 2.75) is 32.1 Å². The average Bonchev–Trinajstić information content (AvgIpc) is 2.92. The van der Waals surface area contributed by atoms with Gasteiger partial charge in [0.1, 0.15) is 11.6 Å². The summed E-state index contributed by atoms with van der Waals surface area (Å²) in [6, 6.07) is 6.50. The minimum absolute atomic E-state index is 0.174. The summed E-state index contributed by atoms with van der Waals surface area (Å²) < 4.78 is 17.2. The van der Waals surface area contributed by atoms with E-state index in [4.69, 9.17) is 5.73 Å². The SMILES string of the molecule is CC(C)(CNc1nc(CCC(N)=O)ns1)c1ccc(F)cc1. The van der Waals surface area contributed by atoms with Crippen LogP contribution >= 0.6 is 11.5 Å². The van der Waals surface area contributed by atoms with Crippen LogP contribution < -0.4 is 11.1 Å². The molecule has 0 aliphatic heterocycles. The molecule has 2 aromatic rings. The number of carbonyl (C=O) groups excluding carboxylic acids is 1. The van der Waals surface area contributed by atoms with Crippen molar-refractivity contribution in [2.24, 2.45) is 5.73 Å². The summed E-state index contributed by atoms with van der Waals surface area (Å²) in [7, 11) is 0. The molecule has 1 aromatic heterocycles. The van der Waals surface area contributed by atoms with E-state index in [-0.39, 0.29) is 23.6 Å². The molecule has 1 heterocycles. The van der Waals surface area contributed by atoms with Crippen LogP contribution in [0.3, 0.4) is 0 Å². The zero-order valence-corrected chi connectivity index (χ0v) is 13.4. The topological polar surface area (TPSA) is 80.9 Å². The Morgan fingerprint density at radius 3 is 2.68 bits per heavy atom. The van der Waals surface area contributed by atoms with E-state index >= 15 is 0 Å². The number of nitrogens with one attached hydrogen (secondary N) is 1. The first-order valence-electron chi connectivity index (χ1n) is 6.97. The van der Waals surface area contributed by atoms with Gasteiger partial charge in [0.15, 0.2) is 0 Å². The van der Waals surface area contributed by atoms with Gasteiger partial charge in [-0.3, -0.25) is 4.79 Å². The van der Waals surface area contributed by atoms with Crippen LogP contribution in [-0.4, -0.2) is 21.8 Å². The fraction of sp³-hybridized carbons (Fsp3) is 0.400. The number of halogens is 1. The lowest BCUT2D eigenvalue weighted by Crippen LogP contribution is -2.27. The number of primary amides is 1. The minimum atomic E-state index is -0.359. The first kappa shape index (κ1) is 16.4. The monoisotopic (exact) mass is 322 g/mol. The Morgan fingerprint density at radius 1 is 1.36 bits per heavy atom. The third-order valence-corrected chi connectivity index (χ3v) is 4.08. The molecule has 1 aromatic carbocycles. The van der Waals surface area contributed by atoms with Crippen molar-refractivity contribution < 1.29 is 9.18 Å². The molecular formula is C15H19FN4OS. The number of aryl methyl sites for hydroxylation is 1. The van der Waals surface area contributed by atoms with E-state index in [0.717, 1.165) is 5.56 Å². The zero-order chi connectivity index (χ0) is 16.2. The number of rotatable bonds is 7. The summed E-state index contributed by atoms with van der Waals surface area (Å²) in [6.07, 6.45) is 0.701. The highest BCUT2D eigenvalue weighted by Crippen LogP contribution is 2.24. The minimum Gasteiger partial charge on any atom is -0.370 e. The van der Waals surface area contributed by atoms with Crippen molar-refractivity contribution >= 4 is 22.6 Å². The molecule has 3 N–H and O–H groups in total. The van der Waals surface area contributed by atoms with Crippen molar-refractivity contribution in [3.05, 3.63) is 41.5 Å². The molecular weight excluding hydrogens is 303 g/mol. The van der Waals surface area contributed by atoms with E-state index in [1.807, 2.05) is 0 Å². The summed E-state index contributed by atoms with van der Waals surface area (Å²) in [5, 5.41) is 3.94. The number of nitrogens with two attached hydrogens (primary N) is 1. The summed E-state index contributed by atoms with van der Waals surface area (Å²) in [4.78, 5) is 15.1. The highest BCUT2D eigenvalue weighted by Gasteiger charge is 2.21. The highest BCUT2D eigenvalue weighted by molar-refractivity contribution is 7.09. The summed E-state index contributed by atoms with van der Waals surface area (Å²) in [5.74, 6) is 0.0170. The number of nitrogens with zero attached hydrogens (tertiary/aromatic N) is 2. The van der Waals surface area contributed by atoms with E-state index in [1.54, 1.807) is 12.1 Å². The number of hydrogen-bond acceptors (Lipinski definition) is 5. The predicted molar refractivity (Wildman–Crippen MR) is 85.3 cm³/mol. The standard InChI is InChI=1S/C15H19FN4OS/c1-15(2,10-3-5-11(16)6-4-10)9-18-14-19-13(20-22-14)8-7-12(17)21/h3-6H,7-9H2,1-2H3,(H2,17,21)(H,18,19,20). The van der Waals surface area contributed by atoms with E-state index in [2.05, 4.69) is 28.5 Å². The van der Waals surface area contributed by atoms with Gasteiger partial charge in [-0.1, -0.05) is 26.0 Å². The van der Waals surface area contributed by atoms with Crippen molar-refractivity contribution in [3.8, 4) is 0 Å². The fourth-order valence-electron chi connectivity index (χ4n) is 1.96. The first-order chi connectivity index (χ1) is 10.4. The molecule has 0 radical (unpaired) electrons. The van der Waals surface area contributed by atoms with Gasteiger partial charge in [0.25, 0.3) is 0 Å². The van der Waals surface area contributed by atoms with Crippen molar-refractivity contribution in [1.82, 2.24) is 9.36 Å². The van der Waals surface area contributed by atoms with Crippen molar-refractivity contribution in [3.63, 3.8) is 0 Å². The van der Waals surface area contributed by atoms with Crippen LogP contribution in [-0.2, 0) is 16.6 Å². The Labute approximate surface area is 132 Å². The molecule has 2 rings (SSSR count). The smallest absolute Gasteiger partial charge is 0.217 e. The van der Waals surface area contributed by atoms with Crippen LogP contribution in [0.25, 0.3) is 0 Å². The maximum absolute atomic E-state index is 13.0. The second kappa shape index (κ2) is 6.83. The Bertz CT molecular complexity index is 639. The van der Waals surface area contributed by atoms with Crippen LogP contribution in [0.4, 0.5) is 9.52 Å². The average molecular weight is 322 g/mol. The molecule has 7 heteroatoms. The molecule has 0 fully saturated rings. The Kier molecular flexibility index (Phi) is 5.07. The molecule has 0 aliphatic rings. The normalized spacial score (nSPS) is 11.4. The van der Waals surface area contributed by atoms with Crippen LogP contribution in [0, 0.1) is 5.82 Å². The molecule has 0 atom stereocenters. The molecule has 1 amide bonds. The van der Waals surface area contributed by atoms with Gasteiger partial charge in [0, 0.05) is 36.3 Å². The van der Waals surface area contributed by atoms with E-state index in [0.29, 0.717) is 23.9 Å². The highest BCUT2D eigenvalue weighted by atomic mass is 32.1. The van der Waals surface area contributed by atoms with Gasteiger partial charge < -0.3 is 11.1 Å². The molecule has 5 nitrogen and oxygen atoms in total. The summed E-state index contributed by atoms with van der Waals surface area (Å²) in [5.41, 5.74) is 5.97. The number of hydrogen-bond donors (Lipinski definition) is 2. The fourth-order valence-corrected chi connectivity index (χ4v) is 2.57. The molecule has 0 unspecified atom stereocenters. The van der Waals surface area contributed by atoms with Gasteiger partial charge in [-0.25, -0.2) is 9.37 Å². The number of aromatic nitrogens is 2. The van der Waals surface area contributed by atoms with Gasteiger partial charge in [-0.2, -0.15) is 4.37 Å². The van der Waals surface area contributed by atoms with E-state index in [9.17, 15) is 9.18 Å². The second-order valence-electron chi connectivity index (χ2n) is 5.73. The van der Waals surface area contributed by atoms with Crippen LogP contribution in [0.2, 0.25) is 0 Å². The second-order valence-corrected chi connectivity index (χ2v) is 6.48. The molecule has 0 spiro atoms. The zero-order valence-electron chi connectivity index (χ0n) is 12.6. The van der Waals surface area contributed by atoms with Crippen LogP contribution in [0.5, 0.6) is 0 Å². The van der Waals surface area contributed by atoms with Crippen molar-refractivity contribution in [2.75, 3.05) is 11.9 Å². The largest absolute Gasteiger partial charge is 0.370 e. The number of benzene rings is 1. The molecule has 0 saturated carbocycles. The third-order valence-electron chi connectivity index (χ3n) is 3.37. The van der Waals surface area contributed by atoms with Crippen molar-refractivity contribution in [1.29, 1.82) is 0 Å². The molecule has 118 valence electrons. The van der Waals surface area contributed by atoms with Gasteiger partial charge >= 0.3 is 0 Å². The number of carbonyl (C=O) groups is 1. The maximum atomic E-state index is 13.0. The third kappa shape index (κ3) is 4.49.